The zero-order chi connectivity index (χ0) is 17.2. The van der Waals surface area contributed by atoms with Crippen LogP contribution in [-0.4, -0.2) is 33.1 Å². The quantitative estimate of drug-likeness (QED) is 0.254. The first-order valence-electron chi connectivity index (χ1n) is 9.72. The summed E-state index contributed by atoms with van der Waals surface area (Å²) in [6.45, 7) is 9.38. The van der Waals surface area contributed by atoms with E-state index >= 15 is 0 Å². The first kappa shape index (κ1) is 20.0. The maximum Gasteiger partial charge on any atom is 0.122 e. The monoisotopic (exact) mass is 447 g/mol. The molecule has 0 bridgehead atoms. The molecular formula is C19H35BINS. The van der Waals surface area contributed by atoms with Crippen LogP contribution in [0, 0.1) is 17.8 Å². The van der Waals surface area contributed by atoms with Crippen LogP contribution in [0.2, 0.25) is 0 Å². The van der Waals surface area contributed by atoms with Gasteiger partial charge in [0.2, 0.25) is 0 Å². The van der Waals surface area contributed by atoms with Gasteiger partial charge < -0.3 is 4.90 Å². The highest BCUT2D eigenvalue weighted by molar-refractivity contribution is 14.1. The third kappa shape index (κ3) is 5.33. The number of rotatable bonds is 3. The fourth-order valence-corrected chi connectivity index (χ4v) is 6.38. The molecule has 1 heterocycles. The molecule has 4 heteroatoms. The minimum absolute atomic E-state index is 0.467. The number of alkyl halides is 1. The van der Waals surface area contributed by atoms with E-state index in [-0.39, 0.29) is 0 Å². The summed E-state index contributed by atoms with van der Waals surface area (Å²) < 4.78 is 0.467. The molecule has 0 N–H and O–H groups in total. The second-order valence-electron chi connectivity index (χ2n) is 8.95. The van der Waals surface area contributed by atoms with Crippen LogP contribution < -0.4 is 0 Å². The van der Waals surface area contributed by atoms with Gasteiger partial charge in [0, 0.05) is 18.0 Å². The Hall–Kier alpha value is 0.685. The van der Waals surface area contributed by atoms with Crippen LogP contribution in [0.1, 0.15) is 79.1 Å². The van der Waals surface area contributed by atoms with Crippen molar-refractivity contribution in [2.75, 3.05) is 0 Å². The van der Waals surface area contributed by atoms with Gasteiger partial charge in [-0.3, -0.25) is 0 Å². The Bertz CT molecular complexity index is 410. The fraction of sp³-hybridized carbons (Fsp3) is 0.947. The predicted octanol–water partition coefficient (Wildman–Crippen LogP) is 5.19. The first-order chi connectivity index (χ1) is 10.7. The average molecular weight is 447 g/mol. The van der Waals surface area contributed by atoms with Gasteiger partial charge >= 0.3 is 0 Å². The Balaban J connectivity index is 2.28. The summed E-state index contributed by atoms with van der Waals surface area (Å²) in [6, 6.07) is 1.24. The molecule has 1 saturated heterocycles. The van der Waals surface area contributed by atoms with Gasteiger partial charge in [0.25, 0.3) is 0 Å². The topological polar surface area (TPSA) is 3.24 Å². The van der Waals surface area contributed by atoms with E-state index in [1.54, 1.807) is 0 Å². The summed E-state index contributed by atoms with van der Waals surface area (Å²) in [5, 5.41) is 0. The summed E-state index contributed by atoms with van der Waals surface area (Å²) in [7, 11) is 2.49. The van der Waals surface area contributed by atoms with Crippen molar-refractivity contribution < 1.29 is 0 Å². The average Bonchev–Trinajstić information content (AvgIpc) is 2.47. The van der Waals surface area contributed by atoms with Crippen LogP contribution in [0.5, 0.6) is 0 Å². The SMILES string of the molecule is BC1(I)CCCCCC2C(CC(CC(C)C)C(=S)N2C(C)C)C1. The fourth-order valence-electron chi connectivity index (χ4n) is 4.89. The Morgan fingerprint density at radius 1 is 1.26 bits per heavy atom. The summed E-state index contributed by atoms with van der Waals surface area (Å²) in [6.07, 6.45) is 10.9. The smallest absolute Gasteiger partial charge is 0.122 e. The van der Waals surface area contributed by atoms with Crippen LogP contribution in [0.15, 0.2) is 0 Å². The number of fused-ring (bicyclic) bond motifs is 1. The molecule has 0 radical (unpaired) electrons. The number of piperidine rings is 1. The lowest BCUT2D eigenvalue weighted by Crippen LogP contribution is -2.55. The maximum atomic E-state index is 6.00. The van der Waals surface area contributed by atoms with Gasteiger partial charge in [-0.25, -0.2) is 0 Å². The van der Waals surface area contributed by atoms with Crippen molar-refractivity contribution in [3.05, 3.63) is 0 Å². The molecule has 0 aromatic carbocycles. The van der Waals surface area contributed by atoms with Gasteiger partial charge in [0.15, 0.2) is 0 Å². The van der Waals surface area contributed by atoms with E-state index in [0.717, 1.165) is 11.8 Å². The molecule has 0 spiro atoms. The second kappa shape index (κ2) is 8.38. The van der Waals surface area contributed by atoms with E-state index < -0.39 is 0 Å². The largest absolute Gasteiger partial charge is 0.360 e. The Labute approximate surface area is 164 Å². The molecule has 0 aromatic heterocycles. The third-order valence-corrected chi connectivity index (χ3v) is 7.31. The van der Waals surface area contributed by atoms with Gasteiger partial charge in [0.05, 0.1) is 4.99 Å². The van der Waals surface area contributed by atoms with Crippen LogP contribution in [-0.2, 0) is 0 Å². The second-order valence-corrected chi connectivity index (χ2v) is 12.0. The molecule has 132 valence electrons. The number of nitrogens with zero attached hydrogens (tertiary/aromatic N) is 1. The van der Waals surface area contributed by atoms with Crippen molar-refractivity contribution in [2.24, 2.45) is 17.8 Å². The molecule has 23 heavy (non-hydrogen) atoms. The molecule has 1 aliphatic heterocycles. The summed E-state index contributed by atoms with van der Waals surface area (Å²) in [4.78, 5) is 3.94. The number of likely N-dealkylation sites (tertiary alicyclic amines) is 1. The summed E-state index contributed by atoms with van der Waals surface area (Å²) in [5.41, 5.74) is 0. The number of halogens is 1. The Morgan fingerprint density at radius 3 is 2.57 bits per heavy atom. The zero-order valence-corrected chi connectivity index (χ0v) is 18.8. The maximum absolute atomic E-state index is 6.00. The van der Waals surface area contributed by atoms with E-state index in [1.807, 2.05) is 0 Å². The zero-order valence-electron chi connectivity index (χ0n) is 15.8. The minimum atomic E-state index is 0.467. The lowest BCUT2D eigenvalue weighted by Gasteiger charge is -2.50. The Kier molecular flexibility index (Phi) is 7.29. The van der Waals surface area contributed by atoms with Gasteiger partial charge in [-0.15, -0.1) is 0 Å². The van der Waals surface area contributed by atoms with E-state index in [2.05, 4.69) is 63.0 Å². The van der Waals surface area contributed by atoms with Crippen LogP contribution in [0.3, 0.4) is 0 Å². The molecule has 4 atom stereocenters. The lowest BCUT2D eigenvalue weighted by molar-refractivity contribution is 0.118. The van der Waals surface area contributed by atoms with Gasteiger partial charge in [0.1, 0.15) is 7.85 Å². The van der Waals surface area contributed by atoms with Gasteiger partial charge in [-0.05, 0) is 61.1 Å². The molecule has 1 nitrogen and oxygen atoms in total. The summed E-state index contributed by atoms with van der Waals surface area (Å²) >= 11 is 8.75. The van der Waals surface area contributed by atoms with Gasteiger partial charge in [-0.2, -0.15) is 0 Å². The molecule has 2 rings (SSSR count). The van der Waals surface area contributed by atoms with Crippen molar-refractivity contribution in [2.45, 2.75) is 94.5 Å². The predicted molar refractivity (Wildman–Crippen MR) is 117 cm³/mol. The van der Waals surface area contributed by atoms with Crippen molar-refractivity contribution in [3.8, 4) is 0 Å². The third-order valence-electron chi connectivity index (χ3n) is 5.79. The molecular weight excluding hydrogens is 412 g/mol. The van der Waals surface area contributed by atoms with Crippen molar-refractivity contribution in [1.82, 2.24) is 4.90 Å². The van der Waals surface area contributed by atoms with E-state index in [9.17, 15) is 0 Å². The number of hydrogen-bond acceptors (Lipinski definition) is 1. The molecule has 1 saturated carbocycles. The lowest BCUT2D eigenvalue weighted by atomic mass is 9.70. The van der Waals surface area contributed by atoms with E-state index in [0.29, 0.717) is 21.3 Å². The van der Waals surface area contributed by atoms with Crippen LogP contribution >= 0.6 is 34.8 Å². The van der Waals surface area contributed by atoms with Gasteiger partial charge in [-0.1, -0.05) is 67.9 Å². The molecule has 2 aliphatic rings. The van der Waals surface area contributed by atoms with Crippen molar-refractivity contribution in [1.29, 1.82) is 0 Å². The molecule has 2 fully saturated rings. The molecule has 4 unspecified atom stereocenters. The molecule has 1 aliphatic carbocycles. The molecule has 0 aromatic rings. The van der Waals surface area contributed by atoms with E-state index in [4.69, 9.17) is 12.2 Å². The minimum Gasteiger partial charge on any atom is -0.360 e. The number of thiocarbonyl (C=S) groups is 1. The highest BCUT2D eigenvalue weighted by atomic mass is 127. The molecule has 0 amide bonds. The highest BCUT2D eigenvalue weighted by Crippen LogP contribution is 2.43. The van der Waals surface area contributed by atoms with Crippen LogP contribution in [0.4, 0.5) is 0 Å². The van der Waals surface area contributed by atoms with Crippen LogP contribution in [0.25, 0.3) is 0 Å². The number of hydrogen-bond donors (Lipinski definition) is 0. The summed E-state index contributed by atoms with van der Waals surface area (Å²) in [5.74, 6) is 2.19. The van der Waals surface area contributed by atoms with Crippen molar-refractivity contribution >= 4 is 47.6 Å². The standard InChI is InChI=1S/C19H35BINS/c1-13(2)10-15-11-16-12-19(20,21)9-7-5-6-8-17(16)22(14(3)4)18(15)23/h13-17H,5-12,20H2,1-4H3. The highest BCUT2D eigenvalue weighted by Gasteiger charge is 2.42. The first-order valence-corrected chi connectivity index (χ1v) is 11.2. The van der Waals surface area contributed by atoms with E-state index in [1.165, 1.54) is 56.4 Å². The van der Waals surface area contributed by atoms with Crippen molar-refractivity contribution in [3.63, 3.8) is 0 Å². The normalized spacial score (nSPS) is 36.6. The Morgan fingerprint density at radius 2 is 1.96 bits per heavy atom.